The van der Waals surface area contributed by atoms with E-state index in [4.69, 9.17) is 5.26 Å². The number of amides is 1. The van der Waals surface area contributed by atoms with Gasteiger partial charge in [0.05, 0.1) is 22.8 Å². The molecule has 3 aromatic rings. The zero-order chi connectivity index (χ0) is 21.7. The molecule has 9 heteroatoms. The molecule has 3 rings (SSSR count). The van der Waals surface area contributed by atoms with E-state index in [1.165, 1.54) is 36.5 Å². The first-order valence-electron chi connectivity index (χ1n) is 8.64. The van der Waals surface area contributed by atoms with E-state index in [1.807, 2.05) is 0 Å². The molecular weight excluding hydrogens is 400 g/mol. The number of aromatic nitrogens is 1. The van der Waals surface area contributed by atoms with E-state index < -0.39 is 23.2 Å². The first kappa shape index (κ1) is 20.8. The van der Waals surface area contributed by atoms with Gasteiger partial charge >= 0.3 is 6.18 Å². The molecule has 152 valence electrons. The van der Waals surface area contributed by atoms with Gasteiger partial charge in [0.25, 0.3) is 5.91 Å². The Bertz CT molecular complexity index is 1110. The van der Waals surface area contributed by atoms with Crippen LogP contribution in [-0.4, -0.2) is 10.9 Å². The van der Waals surface area contributed by atoms with E-state index in [0.717, 1.165) is 23.8 Å². The number of carbonyl (C=O) groups is 1. The molecule has 1 heterocycles. The van der Waals surface area contributed by atoms with Gasteiger partial charge in [-0.25, -0.2) is 9.37 Å². The lowest BCUT2D eigenvalue weighted by Gasteiger charge is -2.13. The van der Waals surface area contributed by atoms with E-state index in [-0.39, 0.29) is 29.4 Å². The summed E-state index contributed by atoms with van der Waals surface area (Å²) in [7, 11) is 0. The number of anilines is 2. The average Bonchev–Trinajstić information content (AvgIpc) is 2.72. The van der Waals surface area contributed by atoms with Gasteiger partial charge in [-0.15, -0.1) is 0 Å². The summed E-state index contributed by atoms with van der Waals surface area (Å²) in [5, 5.41) is 14.4. The van der Waals surface area contributed by atoms with E-state index in [1.54, 1.807) is 12.1 Å². The molecule has 0 unspecified atom stereocenters. The third-order valence-corrected chi connectivity index (χ3v) is 4.13. The number of hydrogen-bond acceptors (Lipinski definition) is 4. The monoisotopic (exact) mass is 414 g/mol. The third kappa shape index (κ3) is 4.91. The molecule has 0 saturated heterocycles. The van der Waals surface area contributed by atoms with Gasteiger partial charge in [-0.1, -0.05) is 12.1 Å². The summed E-state index contributed by atoms with van der Waals surface area (Å²) in [6.07, 6.45) is -3.20. The van der Waals surface area contributed by atoms with Crippen molar-refractivity contribution in [2.75, 3.05) is 10.6 Å². The van der Waals surface area contributed by atoms with Gasteiger partial charge in [0.2, 0.25) is 0 Å². The van der Waals surface area contributed by atoms with Crippen molar-refractivity contribution >= 4 is 17.4 Å². The standard InChI is InChI=1S/C21H14F4N4O/c22-15-5-3-13(4-6-15)12-28-19-17(2-1-9-27-19)20(30)29-16-7-8-18(21(23,24)25)14(10-16)11-26/h1-10H,12H2,(H,27,28)(H,29,30). The zero-order valence-electron chi connectivity index (χ0n) is 15.3. The Balaban J connectivity index is 1.78. The molecule has 2 N–H and O–H groups in total. The molecule has 5 nitrogen and oxygen atoms in total. The van der Waals surface area contributed by atoms with Crippen molar-refractivity contribution in [2.45, 2.75) is 12.7 Å². The van der Waals surface area contributed by atoms with Gasteiger partial charge in [0, 0.05) is 18.4 Å². The smallest absolute Gasteiger partial charge is 0.365 e. The topological polar surface area (TPSA) is 77.8 Å². The Morgan fingerprint density at radius 2 is 1.83 bits per heavy atom. The highest BCUT2D eigenvalue weighted by atomic mass is 19.4. The van der Waals surface area contributed by atoms with Crippen molar-refractivity contribution in [3.05, 3.63) is 88.9 Å². The first-order chi connectivity index (χ1) is 14.3. The van der Waals surface area contributed by atoms with Crippen molar-refractivity contribution in [3.8, 4) is 6.07 Å². The predicted octanol–water partition coefficient (Wildman–Crippen LogP) is 4.98. The molecule has 0 fully saturated rings. The van der Waals surface area contributed by atoms with Crippen LogP contribution in [0, 0.1) is 17.1 Å². The number of halogens is 4. The molecule has 1 amide bonds. The average molecular weight is 414 g/mol. The number of nitrogens with zero attached hydrogens (tertiary/aromatic N) is 2. The highest BCUT2D eigenvalue weighted by Gasteiger charge is 2.33. The second kappa shape index (κ2) is 8.61. The number of carbonyl (C=O) groups excluding carboxylic acids is 1. The number of hydrogen-bond donors (Lipinski definition) is 2. The molecule has 1 aromatic heterocycles. The van der Waals surface area contributed by atoms with Gasteiger partial charge in [0.1, 0.15) is 11.6 Å². The van der Waals surface area contributed by atoms with Crippen LogP contribution in [0.3, 0.4) is 0 Å². The van der Waals surface area contributed by atoms with Crippen LogP contribution in [-0.2, 0) is 12.7 Å². The van der Waals surface area contributed by atoms with Crippen LogP contribution < -0.4 is 10.6 Å². The van der Waals surface area contributed by atoms with E-state index >= 15 is 0 Å². The predicted molar refractivity (Wildman–Crippen MR) is 102 cm³/mol. The molecule has 0 atom stereocenters. The molecule has 0 radical (unpaired) electrons. The highest BCUT2D eigenvalue weighted by Crippen LogP contribution is 2.33. The van der Waals surface area contributed by atoms with Crippen LogP contribution in [0.1, 0.15) is 27.0 Å². The number of pyridine rings is 1. The van der Waals surface area contributed by atoms with E-state index in [2.05, 4.69) is 15.6 Å². The largest absolute Gasteiger partial charge is 0.417 e. The Labute approximate surface area is 169 Å². The number of nitriles is 1. The van der Waals surface area contributed by atoms with Crippen molar-refractivity contribution < 1.29 is 22.4 Å². The summed E-state index contributed by atoms with van der Waals surface area (Å²) < 4.78 is 51.8. The van der Waals surface area contributed by atoms with Crippen LogP contribution in [0.5, 0.6) is 0 Å². The zero-order valence-corrected chi connectivity index (χ0v) is 15.3. The molecule has 30 heavy (non-hydrogen) atoms. The third-order valence-electron chi connectivity index (χ3n) is 4.13. The maximum atomic E-state index is 13.0. The Kier molecular flexibility index (Phi) is 5.97. The summed E-state index contributed by atoms with van der Waals surface area (Å²) in [6.45, 7) is 0.274. The van der Waals surface area contributed by atoms with Crippen LogP contribution in [0.15, 0.2) is 60.8 Å². The summed E-state index contributed by atoms with van der Waals surface area (Å²) in [5.41, 5.74) is -0.724. The maximum Gasteiger partial charge on any atom is 0.417 e. The first-order valence-corrected chi connectivity index (χ1v) is 8.64. The molecule has 2 aromatic carbocycles. The van der Waals surface area contributed by atoms with Gasteiger partial charge < -0.3 is 10.6 Å². The summed E-state index contributed by atoms with van der Waals surface area (Å²) in [5.74, 6) is -0.745. The molecule has 0 aliphatic carbocycles. The summed E-state index contributed by atoms with van der Waals surface area (Å²) in [4.78, 5) is 16.7. The van der Waals surface area contributed by atoms with E-state index in [0.29, 0.717) is 0 Å². The van der Waals surface area contributed by atoms with Gasteiger partial charge in [-0.2, -0.15) is 18.4 Å². The fourth-order valence-electron chi connectivity index (χ4n) is 2.68. The summed E-state index contributed by atoms with van der Waals surface area (Å²) in [6, 6.07) is 13.1. The lowest BCUT2D eigenvalue weighted by atomic mass is 10.1. The van der Waals surface area contributed by atoms with Gasteiger partial charge in [-0.3, -0.25) is 4.79 Å². The Morgan fingerprint density at radius 1 is 1.10 bits per heavy atom. The lowest BCUT2D eigenvalue weighted by Crippen LogP contribution is -2.16. The van der Waals surface area contributed by atoms with Crippen LogP contribution in [0.2, 0.25) is 0 Å². The second-order valence-electron chi connectivity index (χ2n) is 6.20. The molecule has 0 spiro atoms. The van der Waals surface area contributed by atoms with Crippen LogP contribution in [0.25, 0.3) is 0 Å². The highest BCUT2D eigenvalue weighted by molar-refractivity contribution is 6.07. The second-order valence-corrected chi connectivity index (χ2v) is 6.20. The van der Waals surface area contributed by atoms with Crippen LogP contribution in [0.4, 0.5) is 29.1 Å². The SMILES string of the molecule is N#Cc1cc(NC(=O)c2cccnc2NCc2ccc(F)cc2)ccc1C(F)(F)F. The van der Waals surface area contributed by atoms with Crippen molar-refractivity contribution in [2.24, 2.45) is 0 Å². The quantitative estimate of drug-likeness (QED) is 0.578. The molecule has 0 aliphatic heterocycles. The fraction of sp³-hybridized carbons (Fsp3) is 0.0952. The van der Waals surface area contributed by atoms with E-state index in [9.17, 15) is 22.4 Å². The number of alkyl halides is 3. The minimum atomic E-state index is -4.67. The van der Waals surface area contributed by atoms with Crippen LogP contribution >= 0.6 is 0 Å². The number of nitrogens with one attached hydrogen (secondary N) is 2. The Morgan fingerprint density at radius 3 is 2.50 bits per heavy atom. The lowest BCUT2D eigenvalue weighted by molar-refractivity contribution is -0.137. The van der Waals surface area contributed by atoms with Gasteiger partial charge in [-0.05, 0) is 48.0 Å². The van der Waals surface area contributed by atoms with Gasteiger partial charge in [0.15, 0.2) is 0 Å². The minimum absolute atomic E-state index is 0.0397. The van der Waals surface area contributed by atoms with Crippen molar-refractivity contribution in [1.82, 2.24) is 4.98 Å². The molecule has 0 bridgehead atoms. The number of benzene rings is 2. The molecule has 0 saturated carbocycles. The number of rotatable bonds is 5. The molecule has 0 aliphatic rings. The summed E-state index contributed by atoms with van der Waals surface area (Å²) >= 11 is 0. The molecular formula is C21H14F4N4O. The Hall–Kier alpha value is -3.93. The van der Waals surface area contributed by atoms with Crippen molar-refractivity contribution in [1.29, 1.82) is 5.26 Å². The fourth-order valence-corrected chi connectivity index (χ4v) is 2.68. The normalized spacial score (nSPS) is 10.9. The van der Waals surface area contributed by atoms with Crippen molar-refractivity contribution in [3.63, 3.8) is 0 Å². The maximum absolute atomic E-state index is 13.0. The minimum Gasteiger partial charge on any atom is -0.365 e.